The van der Waals surface area contributed by atoms with Crippen molar-refractivity contribution in [1.82, 2.24) is 5.32 Å². The fraction of sp³-hybridized carbons (Fsp3) is 0.0909. The Hall–Kier alpha value is -3.93. The van der Waals surface area contributed by atoms with Gasteiger partial charge in [-0.2, -0.15) is 10.1 Å². The first kappa shape index (κ1) is 26.7. The minimum absolute atomic E-state index is 0.0392. The summed E-state index contributed by atoms with van der Waals surface area (Å²) < 4.78 is 4.71. The molecule has 2 aromatic carbocycles. The van der Waals surface area contributed by atoms with E-state index in [1.165, 1.54) is 37.3 Å². The Morgan fingerprint density at radius 2 is 1.67 bits per heavy atom. The summed E-state index contributed by atoms with van der Waals surface area (Å²) in [7, 11) is 0. The molecule has 0 aliphatic carbocycles. The lowest BCUT2D eigenvalue weighted by Crippen LogP contribution is -2.35. The van der Waals surface area contributed by atoms with E-state index in [0.717, 1.165) is 11.1 Å². The van der Waals surface area contributed by atoms with Gasteiger partial charge < -0.3 is 10.1 Å². The highest BCUT2D eigenvalue weighted by molar-refractivity contribution is 6.83. The van der Waals surface area contributed by atoms with Crippen LogP contribution in [0.5, 0.6) is 5.75 Å². The van der Waals surface area contributed by atoms with Crippen molar-refractivity contribution in [3.8, 4) is 5.75 Å². The van der Waals surface area contributed by atoms with Gasteiger partial charge in [0, 0.05) is 10.6 Å². The number of esters is 1. The summed E-state index contributed by atoms with van der Waals surface area (Å²) in [5, 5.41) is 7.86. The first-order valence-corrected chi connectivity index (χ1v) is 10.9. The van der Waals surface area contributed by atoms with E-state index >= 15 is 0 Å². The third-order valence-corrected chi connectivity index (χ3v) is 5.46. The van der Waals surface area contributed by atoms with Crippen molar-refractivity contribution in [2.75, 3.05) is 5.01 Å². The Kier molecular flexibility index (Phi) is 7.98. The van der Waals surface area contributed by atoms with Crippen LogP contribution in [0.25, 0.3) is 0 Å². The maximum absolute atomic E-state index is 12.7. The molecule has 2 amide bonds. The number of anilines is 1. The molecule has 1 heterocycles. The number of nitrogens with one attached hydrogen (secondary N) is 1. The molecule has 2 aromatic rings. The Morgan fingerprint density at radius 3 is 2.28 bits per heavy atom. The van der Waals surface area contributed by atoms with E-state index < -0.39 is 47.3 Å². The Bertz CT molecular complexity index is 1370. The van der Waals surface area contributed by atoms with Gasteiger partial charge in [0.25, 0.3) is 23.4 Å². The number of benzene rings is 2. The lowest BCUT2D eigenvalue weighted by Gasteiger charge is -2.16. The second-order valence-corrected chi connectivity index (χ2v) is 8.34. The smallest absolute Gasteiger partial charge is 0.388 e. The number of ketones is 3. The van der Waals surface area contributed by atoms with Gasteiger partial charge in [0.2, 0.25) is 0 Å². The number of hydrazone groups is 1. The zero-order chi connectivity index (χ0) is 26.7. The van der Waals surface area contributed by atoms with E-state index in [2.05, 4.69) is 10.4 Å². The second kappa shape index (κ2) is 10.8. The molecule has 3 rings (SSSR count). The minimum atomic E-state index is -1.85. The lowest BCUT2D eigenvalue weighted by molar-refractivity contribution is -0.154. The fourth-order valence-electron chi connectivity index (χ4n) is 2.88. The van der Waals surface area contributed by atoms with E-state index in [1.807, 2.05) is 0 Å². The van der Waals surface area contributed by atoms with E-state index in [-0.39, 0.29) is 37.9 Å². The van der Waals surface area contributed by atoms with E-state index in [4.69, 9.17) is 39.5 Å². The summed E-state index contributed by atoms with van der Waals surface area (Å²) in [5.41, 5.74) is -0.00332. The molecule has 0 aromatic heterocycles. The van der Waals surface area contributed by atoms with Crippen molar-refractivity contribution in [3.63, 3.8) is 0 Å². The number of ether oxygens (including phenoxy) is 1. The Labute approximate surface area is 216 Å². The van der Waals surface area contributed by atoms with Crippen LogP contribution in [0.15, 0.2) is 41.5 Å². The van der Waals surface area contributed by atoms with Gasteiger partial charge in [0.15, 0.2) is 6.29 Å². The van der Waals surface area contributed by atoms with Crippen LogP contribution in [-0.2, 0) is 28.8 Å². The van der Waals surface area contributed by atoms with Gasteiger partial charge in [-0.05, 0) is 37.3 Å². The van der Waals surface area contributed by atoms with Gasteiger partial charge in [-0.15, -0.1) is 0 Å². The summed E-state index contributed by atoms with van der Waals surface area (Å²) in [6.07, 6.45) is -0.411. The Balaban J connectivity index is 1.78. The predicted molar refractivity (Wildman–Crippen MR) is 126 cm³/mol. The zero-order valence-corrected chi connectivity index (χ0v) is 20.2. The van der Waals surface area contributed by atoms with Gasteiger partial charge in [-0.1, -0.05) is 40.9 Å². The molecule has 0 saturated heterocycles. The predicted octanol–water partition coefficient (Wildman–Crippen LogP) is 2.18. The van der Waals surface area contributed by atoms with Crippen LogP contribution in [0.1, 0.15) is 17.3 Å². The summed E-state index contributed by atoms with van der Waals surface area (Å²) in [6, 6.07) is 7.61. The molecule has 1 aliphatic rings. The number of carbonyl (C=O) groups is 7. The van der Waals surface area contributed by atoms with Crippen LogP contribution in [0.3, 0.4) is 0 Å². The number of nitrogens with zero attached hydrogens (tertiary/aromatic N) is 2. The number of carbonyl (C=O) groups excluding carboxylic acids is 7. The summed E-state index contributed by atoms with van der Waals surface area (Å²) in [5.74, 6) is -9.68. The minimum Gasteiger partial charge on any atom is -0.420 e. The number of Topliss-reactive ketones (excluding diaryl/α,β-unsaturated/α-hetero) is 3. The molecule has 11 nitrogen and oxygen atoms in total. The standard InChI is InChI=1S/C22H12Cl3N3O8/c1-9-19(27-28(21(9)34)16-13(24)6-11(23)7-14(16)25)26-20(33)10-3-2-4-12(5-10)36-22(35)18(32)17(31)15(30)8-29/h2-9H,1H3,(H,26,27,33). The van der Waals surface area contributed by atoms with E-state index in [0.29, 0.717) is 0 Å². The number of hydrogen-bond acceptors (Lipinski definition) is 9. The molecular weight excluding hydrogens is 541 g/mol. The molecule has 1 atom stereocenters. The van der Waals surface area contributed by atoms with Gasteiger partial charge >= 0.3 is 11.8 Å². The molecule has 0 spiro atoms. The summed E-state index contributed by atoms with van der Waals surface area (Å²) in [4.78, 5) is 81.5. The molecular formula is C22H12Cl3N3O8. The van der Waals surface area contributed by atoms with Crippen LogP contribution in [0.2, 0.25) is 15.1 Å². The monoisotopic (exact) mass is 551 g/mol. The first-order valence-electron chi connectivity index (χ1n) is 9.73. The van der Waals surface area contributed by atoms with Crippen LogP contribution >= 0.6 is 34.8 Å². The topological polar surface area (TPSA) is 156 Å². The third-order valence-electron chi connectivity index (χ3n) is 4.66. The van der Waals surface area contributed by atoms with Crippen LogP contribution in [0.4, 0.5) is 5.69 Å². The highest BCUT2D eigenvalue weighted by atomic mass is 35.5. The molecule has 1 N–H and O–H groups in total. The molecule has 0 fully saturated rings. The zero-order valence-electron chi connectivity index (χ0n) is 17.9. The number of hydrogen-bond donors (Lipinski definition) is 1. The molecule has 0 bridgehead atoms. The summed E-state index contributed by atoms with van der Waals surface area (Å²) in [6.45, 7) is 1.49. The first-order chi connectivity index (χ1) is 16.9. The van der Waals surface area contributed by atoms with E-state index in [9.17, 15) is 33.6 Å². The number of halogens is 3. The quantitative estimate of drug-likeness (QED) is 0.180. The van der Waals surface area contributed by atoms with Crippen molar-refractivity contribution >= 4 is 87.7 Å². The lowest BCUT2D eigenvalue weighted by atomic mass is 10.1. The number of amidine groups is 1. The number of rotatable bonds is 7. The van der Waals surface area contributed by atoms with Crippen LogP contribution < -0.4 is 15.1 Å². The Morgan fingerprint density at radius 1 is 1.03 bits per heavy atom. The van der Waals surface area contributed by atoms with Crippen LogP contribution in [-0.4, -0.2) is 47.3 Å². The maximum Gasteiger partial charge on any atom is 0.388 e. The molecule has 0 saturated carbocycles. The van der Waals surface area contributed by atoms with Gasteiger partial charge in [-0.3, -0.25) is 28.8 Å². The van der Waals surface area contributed by atoms with Crippen molar-refractivity contribution in [1.29, 1.82) is 0 Å². The second-order valence-electron chi connectivity index (χ2n) is 7.09. The van der Waals surface area contributed by atoms with Crippen molar-refractivity contribution in [2.24, 2.45) is 11.0 Å². The number of aldehydes is 1. The molecule has 14 heteroatoms. The van der Waals surface area contributed by atoms with Crippen molar-refractivity contribution in [3.05, 3.63) is 57.0 Å². The largest absolute Gasteiger partial charge is 0.420 e. The highest BCUT2D eigenvalue weighted by Gasteiger charge is 2.36. The average Bonchev–Trinajstić information content (AvgIpc) is 3.10. The van der Waals surface area contributed by atoms with Crippen LogP contribution in [0, 0.1) is 5.92 Å². The SMILES string of the molecule is CC1C(=O)N(c2c(Cl)cc(Cl)cc2Cl)N=C1NC(=O)c1cccc(OC(=O)C(=O)C(=O)C(=O)C=O)c1. The number of amides is 2. The molecule has 184 valence electrons. The highest BCUT2D eigenvalue weighted by Crippen LogP contribution is 2.39. The van der Waals surface area contributed by atoms with Gasteiger partial charge in [0.1, 0.15) is 17.3 Å². The summed E-state index contributed by atoms with van der Waals surface area (Å²) >= 11 is 18.2. The fourth-order valence-corrected chi connectivity index (χ4v) is 3.85. The van der Waals surface area contributed by atoms with Gasteiger partial charge in [-0.25, -0.2) is 4.79 Å². The molecule has 0 radical (unpaired) electrons. The van der Waals surface area contributed by atoms with Crippen molar-refractivity contribution in [2.45, 2.75) is 6.92 Å². The normalized spacial score (nSPS) is 14.7. The molecule has 1 unspecified atom stereocenters. The maximum atomic E-state index is 12.7. The molecule has 1 aliphatic heterocycles. The third kappa shape index (κ3) is 5.48. The van der Waals surface area contributed by atoms with Crippen molar-refractivity contribution < 1.29 is 38.3 Å². The van der Waals surface area contributed by atoms with E-state index in [1.54, 1.807) is 0 Å². The molecule has 36 heavy (non-hydrogen) atoms. The average molecular weight is 553 g/mol. The van der Waals surface area contributed by atoms with Gasteiger partial charge in [0.05, 0.1) is 16.0 Å².